The quantitative estimate of drug-likeness (QED) is 0.635. The van der Waals surface area contributed by atoms with Gasteiger partial charge in [-0.05, 0) is 31.2 Å². The summed E-state index contributed by atoms with van der Waals surface area (Å²) in [6, 6.07) is 23.0. The molecule has 0 aliphatic carbocycles. The Morgan fingerprint density at radius 1 is 1.00 bits per heavy atom. The third-order valence-electron chi connectivity index (χ3n) is 5.06. The summed E-state index contributed by atoms with van der Waals surface area (Å²) in [5.41, 5.74) is 6.15. The first-order valence-electron chi connectivity index (χ1n) is 9.63. The number of amides is 2. The summed E-state index contributed by atoms with van der Waals surface area (Å²) in [7, 11) is 0. The molecule has 0 aromatic heterocycles. The van der Waals surface area contributed by atoms with Gasteiger partial charge in [0.2, 0.25) is 12.3 Å². The number of halogens is 1. The van der Waals surface area contributed by atoms with E-state index in [1.165, 1.54) is 0 Å². The highest BCUT2D eigenvalue weighted by molar-refractivity contribution is 6.32. The van der Waals surface area contributed by atoms with Crippen LogP contribution in [-0.2, 0) is 4.79 Å². The van der Waals surface area contributed by atoms with Gasteiger partial charge in [-0.1, -0.05) is 71.8 Å². The van der Waals surface area contributed by atoms with Crippen molar-refractivity contribution in [3.8, 4) is 0 Å². The van der Waals surface area contributed by atoms with Crippen LogP contribution >= 0.6 is 11.6 Å². The minimum atomic E-state index is -0.765. The van der Waals surface area contributed by atoms with Crippen LogP contribution in [0.25, 0.3) is 0 Å². The number of hydrazone groups is 1. The Kier molecular flexibility index (Phi) is 5.63. The lowest BCUT2D eigenvalue weighted by Gasteiger charge is -2.15. The van der Waals surface area contributed by atoms with E-state index in [9.17, 15) is 9.59 Å². The molecule has 2 N–H and O–H groups in total. The van der Waals surface area contributed by atoms with Gasteiger partial charge in [-0.15, -0.1) is 10.1 Å². The topological polar surface area (TPSA) is 61.2 Å². The number of hydrogen-bond acceptors (Lipinski definition) is 2. The molecule has 3 aromatic rings. The Bertz CT molecular complexity index is 1110. The van der Waals surface area contributed by atoms with Crippen molar-refractivity contribution in [3.05, 3.63) is 106 Å². The van der Waals surface area contributed by atoms with Crippen LogP contribution in [0.2, 0.25) is 5.02 Å². The fourth-order valence-corrected chi connectivity index (χ4v) is 3.67. The minimum absolute atomic E-state index is 0.284. The highest BCUT2D eigenvalue weighted by atomic mass is 35.5. The molecule has 1 saturated heterocycles. The molecule has 1 fully saturated rings. The van der Waals surface area contributed by atoms with Crippen molar-refractivity contribution in [1.82, 2.24) is 10.7 Å². The number of aryl methyl sites for hydroxylation is 1. The molecule has 6 heteroatoms. The van der Waals surface area contributed by atoms with Crippen LogP contribution in [0.3, 0.4) is 0 Å². The summed E-state index contributed by atoms with van der Waals surface area (Å²) < 4.78 is 1.71. The van der Waals surface area contributed by atoms with E-state index in [1.54, 1.807) is 41.2 Å². The molecule has 30 heavy (non-hydrogen) atoms. The van der Waals surface area contributed by atoms with E-state index in [0.29, 0.717) is 10.6 Å². The molecule has 5 nitrogen and oxygen atoms in total. The summed E-state index contributed by atoms with van der Waals surface area (Å²) in [5, 5.41) is 3.47. The van der Waals surface area contributed by atoms with Gasteiger partial charge in [0, 0.05) is 11.1 Å². The average molecular weight is 419 g/mol. The average Bonchev–Trinajstić information content (AvgIpc) is 3.05. The predicted octanol–water partition coefficient (Wildman–Crippen LogP) is 3.66. The summed E-state index contributed by atoms with van der Waals surface area (Å²) in [6.07, 6.45) is 1.79. The first-order valence-corrected chi connectivity index (χ1v) is 10.0. The fourth-order valence-electron chi connectivity index (χ4n) is 3.49. The Balaban J connectivity index is 1.73. The first-order chi connectivity index (χ1) is 14.5. The maximum atomic E-state index is 12.9. The zero-order chi connectivity index (χ0) is 21.1. The van der Waals surface area contributed by atoms with Crippen molar-refractivity contribution in [1.29, 1.82) is 0 Å². The van der Waals surface area contributed by atoms with Gasteiger partial charge < -0.3 is 5.32 Å². The summed E-state index contributed by atoms with van der Waals surface area (Å²) in [5.74, 6) is -0.583. The van der Waals surface area contributed by atoms with E-state index in [2.05, 4.69) is 10.7 Å². The van der Waals surface area contributed by atoms with Crippen molar-refractivity contribution < 1.29 is 14.3 Å². The monoisotopic (exact) mass is 418 g/mol. The fraction of sp³-hybridized carbons (Fsp3) is 0.125. The molecule has 1 aliphatic heterocycles. The van der Waals surface area contributed by atoms with E-state index in [4.69, 9.17) is 11.6 Å². The molecule has 4 rings (SSSR count). The smallest absolute Gasteiger partial charge is 0.304 e. The number of rotatable bonds is 4. The third-order valence-corrected chi connectivity index (χ3v) is 5.41. The van der Waals surface area contributed by atoms with E-state index in [1.807, 2.05) is 55.5 Å². The van der Waals surface area contributed by atoms with Crippen molar-refractivity contribution in [2.75, 3.05) is 0 Å². The van der Waals surface area contributed by atoms with Crippen LogP contribution in [0.4, 0.5) is 0 Å². The Hall–Kier alpha value is -3.44. The van der Waals surface area contributed by atoms with E-state index in [-0.39, 0.29) is 11.8 Å². The number of nitrogens with one attached hydrogen (secondary N) is 2. The first kappa shape index (κ1) is 19.9. The Morgan fingerprint density at radius 3 is 2.37 bits per heavy atom. The summed E-state index contributed by atoms with van der Waals surface area (Å²) in [6.45, 7) is 2.00. The standard InChI is InChI=1S/C24H20ClN3O2/c1-16-11-13-17(14-12-16)22-21(26-23(29)18-7-3-2-4-8-18)24(30)27-28(22)15-19-9-5-6-10-20(19)25/h2-15,21-22H,1H3,(H-,26,27,29,30)/p+1/b28-15-/t21-,22+/m1/s1. The number of hydrazine groups is 1. The van der Waals surface area contributed by atoms with Crippen molar-refractivity contribution in [2.45, 2.75) is 19.0 Å². The van der Waals surface area contributed by atoms with Gasteiger partial charge in [0.1, 0.15) is 0 Å². The molecule has 0 radical (unpaired) electrons. The van der Waals surface area contributed by atoms with Crippen LogP contribution < -0.4 is 10.7 Å². The number of nitrogens with zero attached hydrogens (tertiary/aromatic N) is 1. The third kappa shape index (κ3) is 4.11. The van der Waals surface area contributed by atoms with Gasteiger partial charge >= 0.3 is 5.91 Å². The molecular formula is C24H21ClN3O2+. The van der Waals surface area contributed by atoms with Crippen molar-refractivity contribution >= 4 is 29.6 Å². The second-order valence-electron chi connectivity index (χ2n) is 7.21. The van der Waals surface area contributed by atoms with Gasteiger partial charge in [0.25, 0.3) is 5.91 Å². The molecule has 150 valence electrons. The number of carbonyl (C=O) groups excluding carboxylic acids is 2. The van der Waals surface area contributed by atoms with Crippen LogP contribution in [0, 0.1) is 6.92 Å². The number of benzene rings is 3. The van der Waals surface area contributed by atoms with Gasteiger partial charge in [-0.2, -0.15) is 0 Å². The number of hydrogen-bond donors (Lipinski definition) is 2. The van der Waals surface area contributed by atoms with Gasteiger partial charge in [0.05, 0.1) is 10.6 Å². The Morgan fingerprint density at radius 2 is 1.67 bits per heavy atom. The largest absolute Gasteiger partial charge is 0.334 e. The van der Waals surface area contributed by atoms with Gasteiger partial charge in [0.15, 0.2) is 6.04 Å². The molecule has 0 unspecified atom stereocenters. The van der Waals surface area contributed by atoms with E-state index < -0.39 is 12.1 Å². The highest BCUT2D eigenvalue weighted by Crippen LogP contribution is 2.26. The lowest BCUT2D eigenvalue weighted by molar-refractivity contribution is -0.596. The molecular weight excluding hydrogens is 398 g/mol. The number of carbonyl (C=O) groups is 2. The maximum Gasteiger partial charge on any atom is 0.304 e. The van der Waals surface area contributed by atoms with Gasteiger partial charge in [-0.3, -0.25) is 9.59 Å². The van der Waals surface area contributed by atoms with Crippen LogP contribution in [0.1, 0.15) is 33.1 Å². The van der Waals surface area contributed by atoms with Gasteiger partial charge in [-0.25, -0.2) is 0 Å². The lowest BCUT2D eigenvalue weighted by atomic mass is 9.98. The summed E-state index contributed by atoms with van der Waals surface area (Å²) >= 11 is 6.31. The summed E-state index contributed by atoms with van der Waals surface area (Å²) in [4.78, 5) is 25.6. The van der Waals surface area contributed by atoms with Crippen molar-refractivity contribution in [3.63, 3.8) is 0 Å². The van der Waals surface area contributed by atoms with Crippen LogP contribution in [-0.4, -0.2) is 28.8 Å². The highest BCUT2D eigenvalue weighted by Gasteiger charge is 2.47. The van der Waals surface area contributed by atoms with E-state index >= 15 is 0 Å². The van der Waals surface area contributed by atoms with Crippen LogP contribution in [0.5, 0.6) is 0 Å². The predicted molar refractivity (Wildman–Crippen MR) is 117 cm³/mol. The van der Waals surface area contributed by atoms with Crippen molar-refractivity contribution in [2.24, 2.45) is 0 Å². The molecule has 0 bridgehead atoms. The maximum absolute atomic E-state index is 12.9. The minimum Gasteiger partial charge on any atom is -0.334 e. The van der Waals surface area contributed by atoms with Crippen LogP contribution in [0.15, 0.2) is 78.9 Å². The molecule has 0 spiro atoms. The molecule has 2 amide bonds. The molecule has 1 heterocycles. The lowest BCUT2D eigenvalue weighted by Crippen LogP contribution is -2.42. The Labute approximate surface area is 180 Å². The second kappa shape index (κ2) is 8.51. The van der Waals surface area contributed by atoms with E-state index in [0.717, 1.165) is 16.7 Å². The molecule has 3 aromatic carbocycles. The molecule has 2 atom stereocenters. The second-order valence-corrected chi connectivity index (χ2v) is 7.61. The molecule has 1 aliphatic rings. The SMILES string of the molecule is Cc1ccc([C@H]2[C@@H](NC(=O)c3ccccc3)C(=O)N/[N+]2=C\c2ccccc2Cl)cc1. The molecule has 0 saturated carbocycles. The zero-order valence-corrected chi connectivity index (χ0v) is 17.1. The normalized spacial score (nSPS) is 19.5. The zero-order valence-electron chi connectivity index (χ0n) is 16.4.